The summed E-state index contributed by atoms with van der Waals surface area (Å²) < 4.78 is 0. The zero-order valence-electron chi connectivity index (χ0n) is 34.3. The van der Waals surface area contributed by atoms with Crippen LogP contribution in [0.2, 0.25) is 0 Å². The second kappa shape index (κ2) is 15.6. The van der Waals surface area contributed by atoms with Crippen molar-refractivity contribution < 1.29 is 0 Å². The first kappa shape index (κ1) is 37.0. The maximum atomic E-state index is 5.20. The molecule has 0 fully saturated rings. The summed E-state index contributed by atoms with van der Waals surface area (Å²) in [4.78, 5) is 35.7. The second-order valence-corrected chi connectivity index (χ2v) is 15.7. The van der Waals surface area contributed by atoms with Crippen LogP contribution in [-0.4, -0.2) is 34.9 Å². The van der Waals surface area contributed by atoms with E-state index in [1.165, 1.54) is 26.9 Å². The SMILES string of the molecule is c1ccc(-c2nc(-c3ccc4c5ccccc5c5ccccc5c4c3)cc(-c3nc(-c4ccccc4)nc(-c4ccc(-c5nc(-c6ccccc6)nc6ccccc56)cc4)n3)n2)cc1. The van der Waals surface area contributed by atoms with Crippen molar-refractivity contribution in [2.24, 2.45) is 0 Å². The summed E-state index contributed by atoms with van der Waals surface area (Å²) in [5, 5.41) is 8.21. The molecule has 0 aliphatic carbocycles. The molecule has 0 aliphatic rings. The maximum absolute atomic E-state index is 5.20. The highest BCUT2D eigenvalue weighted by atomic mass is 15.1. The summed E-state index contributed by atoms with van der Waals surface area (Å²) in [6.45, 7) is 0. The lowest BCUT2D eigenvalue weighted by Crippen LogP contribution is -2.03. The van der Waals surface area contributed by atoms with E-state index in [1.54, 1.807) is 0 Å². The van der Waals surface area contributed by atoms with E-state index in [0.717, 1.165) is 61.1 Å². The molecular weight excluding hydrogens is 783 g/mol. The van der Waals surface area contributed by atoms with Gasteiger partial charge in [-0.2, -0.15) is 0 Å². The first-order valence-corrected chi connectivity index (χ1v) is 21.2. The molecule has 7 heteroatoms. The van der Waals surface area contributed by atoms with Crippen molar-refractivity contribution >= 4 is 43.2 Å². The summed E-state index contributed by atoms with van der Waals surface area (Å²) in [5.41, 5.74) is 8.58. The van der Waals surface area contributed by atoms with Gasteiger partial charge in [0.2, 0.25) is 0 Å². The Morgan fingerprint density at radius 2 is 0.594 bits per heavy atom. The molecule has 0 saturated carbocycles. The molecular formula is C57H35N7. The molecule has 0 radical (unpaired) electrons. The third-order valence-electron chi connectivity index (χ3n) is 11.7. The lowest BCUT2D eigenvalue weighted by Gasteiger charge is -2.13. The van der Waals surface area contributed by atoms with Crippen LogP contribution < -0.4 is 0 Å². The molecule has 0 amide bonds. The van der Waals surface area contributed by atoms with E-state index >= 15 is 0 Å². The minimum atomic E-state index is 0.445. The molecule has 3 aromatic heterocycles. The fraction of sp³-hybridized carbons (Fsp3) is 0. The predicted octanol–water partition coefficient (Wildman–Crippen LogP) is 13.7. The summed E-state index contributed by atoms with van der Waals surface area (Å²) in [6, 6.07) is 72.4. The minimum absolute atomic E-state index is 0.445. The van der Waals surface area contributed by atoms with Crippen LogP contribution in [0.1, 0.15) is 0 Å². The van der Waals surface area contributed by atoms with E-state index in [2.05, 4.69) is 84.9 Å². The van der Waals surface area contributed by atoms with Crippen LogP contribution in [0, 0.1) is 0 Å². The fourth-order valence-corrected chi connectivity index (χ4v) is 8.62. The number of hydrogen-bond donors (Lipinski definition) is 0. The Morgan fingerprint density at radius 1 is 0.203 bits per heavy atom. The van der Waals surface area contributed by atoms with E-state index in [1.807, 2.05) is 127 Å². The zero-order valence-corrected chi connectivity index (χ0v) is 34.3. The number of nitrogens with zero attached hydrogens (tertiary/aromatic N) is 7. The van der Waals surface area contributed by atoms with Crippen molar-refractivity contribution in [1.29, 1.82) is 0 Å². The van der Waals surface area contributed by atoms with Gasteiger partial charge in [-0.15, -0.1) is 0 Å². The first-order valence-electron chi connectivity index (χ1n) is 21.2. The molecule has 0 spiro atoms. The Balaban J connectivity index is 1.01. The number of benzene rings is 9. The lowest BCUT2D eigenvalue weighted by atomic mass is 9.93. The molecule has 12 aromatic rings. The van der Waals surface area contributed by atoms with Gasteiger partial charge in [-0.05, 0) is 50.5 Å². The van der Waals surface area contributed by atoms with Crippen LogP contribution in [0.4, 0.5) is 0 Å². The van der Waals surface area contributed by atoms with Crippen molar-refractivity contribution in [3.05, 3.63) is 212 Å². The standard InChI is InChI=1S/C57H35N7/c1-4-16-37(17-5-1)53-59-50(41-32-33-46-44-24-11-10-22-42(44)43-23-12-13-25-45(43)48(46)34-41)35-51(60-53)57-63-55(39-20-8-3-9-21-39)62-56(64-57)40-30-28-36(29-31-40)52-47-26-14-15-27-49(47)58-54(61-52)38-18-6-2-7-19-38/h1-35H. The third kappa shape index (κ3) is 6.69. The van der Waals surface area contributed by atoms with Crippen LogP contribution in [0.15, 0.2) is 212 Å². The van der Waals surface area contributed by atoms with Gasteiger partial charge in [0.1, 0.15) is 5.69 Å². The van der Waals surface area contributed by atoms with Gasteiger partial charge in [0.15, 0.2) is 29.1 Å². The van der Waals surface area contributed by atoms with Crippen LogP contribution in [0.5, 0.6) is 0 Å². The average Bonchev–Trinajstić information content (AvgIpc) is 3.39. The Hall–Kier alpha value is -8.81. The van der Waals surface area contributed by atoms with Crippen LogP contribution >= 0.6 is 0 Å². The average molecular weight is 818 g/mol. The molecule has 298 valence electrons. The smallest absolute Gasteiger partial charge is 0.182 e. The molecule has 64 heavy (non-hydrogen) atoms. The highest BCUT2D eigenvalue weighted by Gasteiger charge is 2.19. The number of para-hydroxylation sites is 1. The van der Waals surface area contributed by atoms with Crippen molar-refractivity contribution in [2.45, 2.75) is 0 Å². The van der Waals surface area contributed by atoms with Gasteiger partial charge < -0.3 is 0 Å². The molecule has 9 aromatic carbocycles. The topological polar surface area (TPSA) is 90.2 Å². The van der Waals surface area contributed by atoms with Gasteiger partial charge in [-0.3, -0.25) is 0 Å². The lowest BCUT2D eigenvalue weighted by molar-refractivity contribution is 1.05. The number of aromatic nitrogens is 7. The monoisotopic (exact) mass is 817 g/mol. The largest absolute Gasteiger partial charge is 0.228 e. The van der Waals surface area contributed by atoms with E-state index in [4.69, 9.17) is 34.9 Å². The van der Waals surface area contributed by atoms with E-state index in [-0.39, 0.29) is 0 Å². The maximum Gasteiger partial charge on any atom is 0.182 e. The highest BCUT2D eigenvalue weighted by Crippen LogP contribution is 2.38. The van der Waals surface area contributed by atoms with Crippen LogP contribution in [0.25, 0.3) is 123 Å². The molecule has 0 bridgehead atoms. The summed E-state index contributed by atoms with van der Waals surface area (Å²) in [7, 11) is 0. The molecule has 0 aliphatic heterocycles. The normalized spacial score (nSPS) is 11.4. The molecule has 3 heterocycles. The first-order chi connectivity index (χ1) is 31.7. The van der Waals surface area contributed by atoms with Crippen molar-refractivity contribution in [3.63, 3.8) is 0 Å². The zero-order chi connectivity index (χ0) is 42.4. The Kier molecular flexibility index (Phi) is 9.01. The van der Waals surface area contributed by atoms with Gasteiger partial charge in [-0.25, -0.2) is 34.9 Å². The summed E-state index contributed by atoms with van der Waals surface area (Å²) >= 11 is 0. The quantitative estimate of drug-likeness (QED) is 0.148. The van der Waals surface area contributed by atoms with Crippen molar-refractivity contribution in [1.82, 2.24) is 34.9 Å². The summed E-state index contributed by atoms with van der Waals surface area (Å²) in [6.07, 6.45) is 0. The van der Waals surface area contributed by atoms with E-state index in [9.17, 15) is 0 Å². The summed E-state index contributed by atoms with van der Waals surface area (Å²) in [5.74, 6) is 2.77. The van der Waals surface area contributed by atoms with Gasteiger partial charge in [0.25, 0.3) is 0 Å². The van der Waals surface area contributed by atoms with Gasteiger partial charge in [0, 0.05) is 38.8 Å². The Bertz CT molecular complexity index is 3670. The molecule has 0 atom stereocenters. The fourth-order valence-electron chi connectivity index (χ4n) is 8.62. The van der Waals surface area contributed by atoms with Crippen molar-refractivity contribution in [2.75, 3.05) is 0 Å². The van der Waals surface area contributed by atoms with Crippen molar-refractivity contribution in [3.8, 4) is 79.6 Å². The third-order valence-corrected chi connectivity index (χ3v) is 11.7. The van der Waals surface area contributed by atoms with E-state index < -0.39 is 0 Å². The molecule has 0 saturated heterocycles. The molecule has 7 nitrogen and oxygen atoms in total. The highest BCUT2D eigenvalue weighted by molar-refractivity contribution is 6.25. The van der Waals surface area contributed by atoms with Gasteiger partial charge >= 0.3 is 0 Å². The number of fused-ring (bicyclic) bond motifs is 7. The van der Waals surface area contributed by atoms with Crippen LogP contribution in [0.3, 0.4) is 0 Å². The van der Waals surface area contributed by atoms with Crippen LogP contribution in [-0.2, 0) is 0 Å². The second-order valence-electron chi connectivity index (χ2n) is 15.7. The molecule has 0 unspecified atom stereocenters. The Labute approximate surface area is 368 Å². The predicted molar refractivity (Wildman–Crippen MR) is 259 cm³/mol. The number of hydrogen-bond acceptors (Lipinski definition) is 7. The van der Waals surface area contributed by atoms with Gasteiger partial charge in [-0.1, -0.05) is 194 Å². The van der Waals surface area contributed by atoms with Gasteiger partial charge in [0.05, 0.1) is 16.9 Å². The number of rotatable bonds is 7. The Morgan fingerprint density at radius 3 is 1.17 bits per heavy atom. The minimum Gasteiger partial charge on any atom is -0.228 e. The molecule has 12 rings (SSSR count). The van der Waals surface area contributed by atoms with E-state index in [0.29, 0.717) is 34.8 Å². The molecule has 0 N–H and O–H groups in total.